The number of rotatable bonds is 11. The van der Waals surface area contributed by atoms with Gasteiger partial charge in [-0.05, 0) is 30.7 Å². The molecule has 0 fully saturated rings. The van der Waals surface area contributed by atoms with Crippen molar-refractivity contribution in [3.63, 3.8) is 0 Å². The van der Waals surface area contributed by atoms with Crippen LogP contribution in [0.1, 0.15) is 43.0 Å². The molecule has 0 aliphatic heterocycles. The molecule has 27 heavy (non-hydrogen) atoms. The van der Waals surface area contributed by atoms with E-state index in [0.717, 1.165) is 18.6 Å². The minimum atomic E-state index is -0.540. The number of anilines is 2. The van der Waals surface area contributed by atoms with Crippen LogP contribution in [0.5, 0.6) is 5.75 Å². The standard InChI is InChI=1S/C21H27N3O3/c1-2-3-4-7-13-27-17-10-8-9-16(14-17)24-20(25)15-23-19-12-6-5-11-18(19)21(22)26/h5-6,8-12,14,23H,2-4,7,13,15H2,1H3,(H2,22,26)(H,24,25). The summed E-state index contributed by atoms with van der Waals surface area (Å²) in [5.41, 5.74) is 6.88. The van der Waals surface area contributed by atoms with Crippen molar-refractivity contribution in [1.82, 2.24) is 0 Å². The maximum Gasteiger partial charge on any atom is 0.250 e. The third-order valence-corrected chi connectivity index (χ3v) is 4.02. The summed E-state index contributed by atoms with van der Waals surface area (Å²) in [4.78, 5) is 23.6. The van der Waals surface area contributed by atoms with Crippen LogP contribution in [0.25, 0.3) is 0 Å². The van der Waals surface area contributed by atoms with E-state index in [0.29, 0.717) is 23.5 Å². The van der Waals surface area contributed by atoms with Crippen LogP contribution < -0.4 is 21.1 Å². The highest BCUT2D eigenvalue weighted by Gasteiger charge is 2.09. The van der Waals surface area contributed by atoms with Crippen molar-refractivity contribution >= 4 is 23.2 Å². The molecule has 0 atom stereocenters. The minimum Gasteiger partial charge on any atom is -0.494 e. The molecule has 0 aliphatic carbocycles. The molecule has 0 saturated heterocycles. The molecule has 0 unspecified atom stereocenters. The van der Waals surface area contributed by atoms with Gasteiger partial charge in [0.25, 0.3) is 5.91 Å². The lowest BCUT2D eigenvalue weighted by molar-refractivity contribution is -0.114. The van der Waals surface area contributed by atoms with Crippen molar-refractivity contribution in [2.24, 2.45) is 5.73 Å². The van der Waals surface area contributed by atoms with Crippen LogP contribution >= 0.6 is 0 Å². The number of carbonyl (C=O) groups excluding carboxylic acids is 2. The van der Waals surface area contributed by atoms with Gasteiger partial charge in [0.1, 0.15) is 5.75 Å². The van der Waals surface area contributed by atoms with Crippen LogP contribution in [-0.2, 0) is 4.79 Å². The molecular formula is C21H27N3O3. The summed E-state index contributed by atoms with van der Waals surface area (Å²) in [6, 6.07) is 14.1. The minimum absolute atomic E-state index is 0.0202. The number of ether oxygens (including phenoxy) is 1. The number of carbonyl (C=O) groups is 2. The van der Waals surface area contributed by atoms with Gasteiger partial charge < -0.3 is 21.1 Å². The molecule has 0 aromatic heterocycles. The Bertz CT molecular complexity index is 762. The van der Waals surface area contributed by atoms with E-state index < -0.39 is 5.91 Å². The van der Waals surface area contributed by atoms with E-state index in [1.807, 2.05) is 12.1 Å². The van der Waals surface area contributed by atoms with E-state index in [2.05, 4.69) is 17.6 Å². The predicted octanol–water partition coefficient (Wildman–Crippen LogP) is 3.80. The van der Waals surface area contributed by atoms with Gasteiger partial charge in [0.15, 0.2) is 0 Å². The highest BCUT2D eigenvalue weighted by molar-refractivity contribution is 6.00. The maximum atomic E-state index is 12.2. The molecule has 0 saturated carbocycles. The lowest BCUT2D eigenvalue weighted by Gasteiger charge is -2.11. The normalized spacial score (nSPS) is 10.3. The molecular weight excluding hydrogens is 342 g/mol. The van der Waals surface area contributed by atoms with Gasteiger partial charge in [0.2, 0.25) is 5.91 Å². The smallest absolute Gasteiger partial charge is 0.250 e. The molecule has 6 heteroatoms. The Morgan fingerprint density at radius 1 is 1.04 bits per heavy atom. The van der Waals surface area contributed by atoms with Crippen molar-refractivity contribution in [2.75, 3.05) is 23.8 Å². The maximum absolute atomic E-state index is 12.2. The molecule has 2 rings (SSSR count). The fraction of sp³-hybridized carbons (Fsp3) is 0.333. The lowest BCUT2D eigenvalue weighted by Crippen LogP contribution is -2.23. The highest BCUT2D eigenvalue weighted by Crippen LogP contribution is 2.18. The SMILES string of the molecule is CCCCCCOc1cccc(NC(=O)CNc2ccccc2C(N)=O)c1. The average molecular weight is 369 g/mol. The lowest BCUT2D eigenvalue weighted by atomic mass is 10.1. The Kier molecular flexibility index (Phi) is 8.16. The monoisotopic (exact) mass is 369 g/mol. The van der Waals surface area contributed by atoms with Crippen molar-refractivity contribution in [1.29, 1.82) is 0 Å². The largest absolute Gasteiger partial charge is 0.494 e. The number of benzene rings is 2. The average Bonchev–Trinajstić information content (AvgIpc) is 2.66. The first-order chi connectivity index (χ1) is 13.1. The van der Waals surface area contributed by atoms with E-state index >= 15 is 0 Å². The zero-order valence-corrected chi connectivity index (χ0v) is 15.7. The second-order valence-electron chi connectivity index (χ2n) is 6.25. The second-order valence-corrected chi connectivity index (χ2v) is 6.25. The van der Waals surface area contributed by atoms with Gasteiger partial charge in [0, 0.05) is 17.4 Å². The van der Waals surface area contributed by atoms with Crippen LogP contribution in [-0.4, -0.2) is 25.0 Å². The van der Waals surface area contributed by atoms with Gasteiger partial charge in [0.05, 0.1) is 18.7 Å². The quantitative estimate of drug-likeness (QED) is 0.525. The van der Waals surface area contributed by atoms with Crippen molar-refractivity contribution in [3.05, 3.63) is 54.1 Å². The van der Waals surface area contributed by atoms with Gasteiger partial charge in [-0.3, -0.25) is 9.59 Å². The van der Waals surface area contributed by atoms with Gasteiger partial charge in [-0.25, -0.2) is 0 Å². The van der Waals surface area contributed by atoms with Crippen molar-refractivity contribution in [2.45, 2.75) is 32.6 Å². The van der Waals surface area contributed by atoms with Crippen LogP contribution in [0, 0.1) is 0 Å². The molecule has 0 spiro atoms. The summed E-state index contributed by atoms with van der Waals surface area (Å²) in [7, 11) is 0. The van der Waals surface area contributed by atoms with Gasteiger partial charge in [-0.15, -0.1) is 0 Å². The number of para-hydroxylation sites is 1. The zero-order chi connectivity index (χ0) is 19.5. The van der Waals surface area contributed by atoms with E-state index in [1.54, 1.807) is 36.4 Å². The fourth-order valence-electron chi connectivity index (χ4n) is 2.62. The van der Waals surface area contributed by atoms with Gasteiger partial charge in [-0.1, -0.05) is 44.4 Å². The molecule has 2 aromatic carbocycles. The number of hydrogen-bond donors (Lipinski definition) is 3. The predicted molar refractivity (Wildman–Crippen MR) is 108 cm³/mol. The van der Waals surface area contributed by atoms with Gasteiger partial charge in [-0.2, -0.15) is 0 Å². The van der Waals surface area contributed by atoms with Crippen molar-refractivity contribution in [3.8, 4) is 5.75 Å². The molecule has 2 aromatic rings. The summed E-state index contributed by atoms with van der Waals surface area (Å²) in [5, 5.41) is 5.75. The molecule has 0 aliphatic rings. The number of primary amides is 1. The summed E-state index contributed by atoms with van der Waals surface area (Å²) in [6.07, 6.45) is 4.59. The molecule has 144 valence electrons. The third-order valence-electron chi connectivity index (χ3n) is 4.02. The van der Waals surface area contributed by atoms with Crippen LogP contribution in [0.2, 0.25) is 0 Å². The first-order valence-electron chi connectivity index (χ1n) is 9.25. The van der Waals surface area contributed by atoms with Crippen LogP contribution in [0.3, 0.4) is 0 Å². The van der Waals surface area contributed by atoms with E-state index in [-0.39, 0.29) is 12.5 Å². The number of nitrogens with two attached hydrogens (primary N) is 1. The Morgan fingerprint density at radius 2 is 1.85 bits per heavy atom. The number of nitrogens with one attached hydrogen (secondary N) is 2. The van der Waals surface area contributed by atoms with E-state index in [9.17, 15) is 9.59 Å². The van der Waals surface area contributed by atoms with Crippen molar-refractivity contribution < 1.29 is 14.3 Å². The molecule has 2 amide bonds. The fourth-order valence-corrected chi connectivity index (χ4v) is 2.62. The second kappa shape index (κ2) is 10.9. The Hall–Kier alpha value is -3.02. The molecule has 0 radical (unpaired) electrons. The summed E-state index contributed by atoms with van der Waals surface area (Å²) in [5.74, 6) is -0.0343. The molecule has 4 N–H and O–H groups in total. The first kappa shape index (κ1) is 20.3. The highest BCUT2D eigenvalue weighted by atomic mass is 16.5. The Balaban J connectivity index is 1.83. The van der Waals surface area contributed by atoms with E-state index in [1.165, 1.54) is 12.8 Å². The Morgan fingerprint density at radius 3 is 2.63 bits per heavy atom. The summed E-state index contributed by atoms with van der Waals surface area (Å²) in [6.45, 7) is 2.86. The number of amides is 2. The molecule has 0 bridgehead atoms. The zero-order valence-electron chi connectivity index (χ0n) is 15.7. The summed E-state index contributed by atoms with van der Waals surface area (Å²) < 4.78 is 5.73. The van der Waals surface area contributed by atoms with Crippen LogP contribution in [0.15, 0.2) is 48.5 Å². The van der Waals surface area contributed by atoms with Gasteiger partial charge >= 0.3 is 0 Å². The topological polar surface area (TPSA) is 93.4 Å². The third kappa shape index (κ3) is 7.01. The van der Waals surface area contributed by atoms with Crippen LogP contribution in [0.4, 0.5) is 11.4 Å². The van der Waals surface area contributed by atoms with E-state index in [4.69, 9.17) is 10.5 Å². The Labute approximate surface area is 160 Å². The first-order valence-corrected chi connectivity index (χ1v) is 9.25. The molecule has 6 nitrogen and oxygen atoms in total. The number of unbranched alkanes of at least 4 members (excludes halogenated alkanes) is 3. The number of hydrogen-bond acceptors (Lipinski definition) is 4. The summed E-state index contributed by atoms with van der Waals surface area (Å²) >= 11 is 0. The molecule has 0 heterocycles.